The Morgan fingerprint density at radius 3 is 1.03 bits per heavy atom. The van der Waals surface area contributed by atoms with Crippen LogP contribution in [-0.2, 0) is 19.1 Å². The Labute approximate surface area is 429 Å². The number of hydrogen-bond donors (Lipinski definition) is 0. The fourth-order valence-corrected chi connectivity index (χ4v) is 10.3. The van der Waals surface area contributed by atoms with Crippen molar-refractivity contribution in [3.63, 3.8) is 0 Å². The van der Waals surface area contributed by atoms with Crippen molar-refractivity contribution < 1.29 is 57.0 Å². The van der Waals surface area contributed by atoms with Crippen molar-refractivity contribution in [2.45, 2.75) is 52.7 Å². The lowest BCUT2D eigenvalue weighted by atomic mass is 10.1. The molecule has 382 valence electrons. The van der Waals surface area contributed by atoms with Crippen LogP contribution in [-0.4, -0.2) is 155 Å². The summed E-state index contributed by atoms with van der Waals surface area (Å²) in [5.74, 6) is 2.70. The molecular weight excluding hydrogens is 1030 g/mol. The van der Waals surface area contributed by atoms with Crippen LogP contribution >= 0.6 is 31.9 Å². The van der Waals surface area contributed by atoms with E-state index in [0.717, 1.165) is 94.9 Å². The molecule has 70 heavy (non-hydrogen) atoms. The third-order valence-corrected chi connectivity index (χ3v) is 13.6. The Kier molecular flexibility index (Phi) is 19.8. The van der Waals surface area contributed by atoms with Crippen LogP contribution in [0.2, 0.25) is 0 Å². The van der Waals surface area contributed by atoms with Crippen molar-refractivity contribution in [2.24, 2.45) is 0 Å². The predicted molar refractivity (Wildman–Crippen MR) is 277 cm³/mol. The molecule has 0 amide bonds. The maximum Gasteiger partial charge on any atom is 0.417 e. The monoisotopic (exact) mass is 1100 g/mol. The molecule has 0 spiro atoms. The van der Waals surface area contributed by atoms with Crippen LogP contribution in [0.5, 0.6) is 46.0 Å². The summed E-state index contributed by atoms with van der Waals surface area (Å²) in [6, 6.07) is 15.7. The summed E-state index contributed by atoms with van der Waals surface area (Å²) in [6.45, 7) is 15.2. The molecule has 0 radical (unpaired) electrons. The van der Waals surface area contributed by atoms with Crippen LogP contribution in [0.3, 0.4) is 0 Å². The van der Waals surface area contributed by atoms with E-state index in [2.05, 4.69) is 51.5 Å². The number of esters is 2. The quantitative estimate of drug-likeness (QED) is 0.0551. The van der Waals surface area contributed by atoms with E-state index < -0.39 is 24.1 Å². The average molecular weight is 1100 g/mol. The first-order valence-corrected chi connectivity index (χ1v) is 25.0. The normalized spacial score (nSPS) is 15.1. The summed E-state index contributed by atoms with van der Waals surface area (Å²) >= 11 is 7.13. The minimum absolute atomic E-state index is 0.0461. The second-order valence-corrected chi connectivity index (χ2v) is 19.2. The second-order valence-electron chi connectivity index (χ2n) is 17.4. The number of piperazine rings is 2. The Hall–Kier alpha value is -5.30. The maximum absolute atomic E-state index is 13.8. The Bertz CT molecular complexity index is 2150. The largest absolute Gasteiger partial charge is 0.493 e. The molecule has 4 aromatic carbocycles. The summed E-state index contributed by atoms with van der Waals surface area (Å²) < 4.78 is 60.0. The molecule has 2 aliphatic rings. The van der Waals surface area contributed by atoms with Gasteiger partial charge in [0.15, 0.2) is 23.0 Å². The van der Waals surface area contributed by atoms with E-state index in [0.29, 0.717) is 71.9 Å². The Morgan fingerprint density at radius 1 is 0.457 bits per heavy atom. The number of benzene rings is 4. The van der Waals surface area contributed by atoms with Gasteiger partial charge in [0.05, 0.1) is 42.7 Å². The van der Waals surface area contributed by atoms with Crippen molar-refractivity contribution in [3.8, 4) is 46.0 Å². The van der Waals surface area contributed by atoms with Gasteiger partial charge in [0.25, 0.3) is 0 Å². The molecule has 0 bridgehead atoms. The molecule has 6 rings (SSSR count). The van der Waals surface area contributed by atoms with Crippen molar-refractivity contribution >= 4 is 55.2 Å². The van der Waals surface area contributed by atoms with Gasteiger partial charge < -0.3 is 57.2 Å². The van der Waals surface area contributed by atoms with Gasteiger partial charge in [-0.3, -0.25) is 9.80 Å². The SMILES string of the molecule is COc1cc(N2CCN(CCC(COc3c(C)cc(Br)cc3C)OC(=O)C(=O)OC(CCN3CCN(c4cc(OC)c(OC)c(OC)c4)CC3)COc3c(C)cc(Br)cc3C)CC2)cc(OC)c1OC. The van der Waals surface area contributed by atoms with E-state index >= 15 is 0 Å². The van der Waals surface area contributed by atoms with Crippen molar-refractivity contribution in [2.75, 3.05) is 131 Å². The zero-order chi connectivity index (χ0) is 50.5. The summed E-state index contributed by atoms with van der Waals surface area (Å²) in [5.41, 5.74) is 5.66. The minimum atomic E-state index is -1.08. The van der Waals surface area contributed by atoms with Crippen molar-refractivity contribution in [1.82, 2.24) is 9.80 Å². The van der Waals surface area contributed by atoms with Crippen molar-refractivity contribution in [1.29, 1.82) is 0 Å². The maximum atomic E-state index is 13.8. The summed E-state index contributed by atoms with van der Waals surface area (Å²) in [4.78, 5) is 36.8. The predicted octanol–water partition coefficient (Wildman–Crippen LogP) is 8.20. The summed E-state index contributed by atoms with van der Waals surface area (Å²) in [7, 11) is 9.61. The first-order chi connectivity index (χ1) is 33.7. The van der Waals surface area contributed by atoms with Crippen molar-refractivity contribution in [3.05, 3.63) is 79.7 Å². The van der Waals surface area contributed by atoms with Crippen LogP contribution < -0.4 is 47.7 Å². The van der Waals surface area contributed by atoms with Gasteiger partial charge in [0.2, 0.25) is 11.5 Å². The molecule has 0 aromatic heterocycles. The molecule has 4 aromatic rings. The van der Waals surface area contributed by atoms with Crippen LogP contribution in [0.1, 0.15) is 35.1 Å². The lowest BCUT2D eigenvalue weighted by Gasteiger charge is -2.37. The average Bonchev–Trinajstić information content (AvgIpc) is 3.35. The summed E-state index contributed by atoms with van der Waals surface area (Å²) in [5, 5.41) is 0. The van der Waals surface area contributed by atoms with Crippen LogP contribution in [0.25, 0.3) is 0 Å². The van der Waals surface area contributed by atoms with Crippen LogP contribution in [0.4, 0.5) is 11.4 Å². The van der Waals surface area contributed by atoms with Gasteiger partial charge in [-0.1, -0.05) is 31.9 Å². The van der Waals surface area contributed by atoms with Gasteiger partial charge in [-0.15, -0.1) is 0 Å². The molecule has 0 N–H and O–H groups in total. The highest BCUT2D eigenvalue weighted by molar-refractivity contribution is 9.10. The number of carbonyl (C=O) groups excluding carboxylic acids is 2. The Balaban J connectivity index is 1.11. The molecular formula is C52H68Br2N4O12. The fourth-order valence-electron chi connectivity index (χ4n) is 8.97. The van der Waals surface area contributed by atoms with Gasteiger partial charge in [-0.05, 0) is 74.2 Å². The first kappa shape index (κ1) is 54.0. The molecule has 2 heterocycles. The number of hydrogen-bond acceptors (Lipinski definition) is 16. The van der Waals surface area contributed by atoms with E-state index in [1.807, 2.05) is 76.2 Å². The standard InChI is InChI=1S/C52H68Br2N4O12/c1-33-23-37(53)24-34(2)47(33)67-31-41(11-13-55-15-19-57(20-16-55)39-27-43(61-5)49(65-9)44(28-39)62-6)69-51(59)52(60)70-42(32-68-48-35(3)25-38(54)26-36(48)4)12-14-56-17-21-58(22-18-56)40-29-45(63-7)50(66-10)46(30-40)64-8/h23-30,41-42H,11-22,31-32H2,1-10H3. The zero-order valence-corrected chi connectivity index (χ0v) is 45.3. The van der Waals surface area contributed by atoms with Crippen LogP contribution in [0.15, 0.2) is 57.5 Å². The minimum Gasteiger partial charge on any atom is -0.493 e. The first-order valence-electron chi connectivity index (χ1n) is 23.4. The molecule has 0 saturated carbocycles. The third kappa shape index (κ3) is 14.0. The van der Waals surface area contributed by atoms with Gasteiger partial charge in [0.1, 0.15) is 36.9 Å². The highest BCUT2D eigenvalue weighted by atomic mass is 79.9. The highest BCUT2D eigenvalue weighted by Crippen LogP contribution is 2.42. The lowest BCUT2D eigenvalue weighted by Crippen LogP contribution is -2.47. The lowest BCUT2D eigenvalue weighted by molar-refractivity contribution is -0.176. The molecule has 2 aliphatic heterocycles. The molecule has 2 fully saturated rings. The second kappa shape index (κ2) is 25.7. The molecule has 16 nitrogen and oxygen atoms in total. The van der Waals surface area contributed by atoms with Gasteiger partial charge in [-0.2, -0.15) is 0 Å². The fraction of sp³-hybridized carbons (Fsp3) is 0.500. The molecule has 0 aliphatic carbocycles. The van der Waals surface area contributed by atoms with E-state index in [-0.39, 0.29) is 13.2 Å². The third-order valence-electron chi connectivity index (χ3n) is 12.7. The highest BCUT2D eigenvalue weighted by Gasteiger charge is 2.30. The van der Waals surface area contributed by atoms with E-state index in [1.54, 1.807) is 42.7 Å². The van der Waals surface area contributed by atoms with E-state index in [9.17, 15) is 9.59 Å². The number of anilines is 2. The van der Waals surface area contributed by atoms with Gasteiger partial charge >= 0.3 is 11.9 Å². The zero-order valence-electron chi connectivity index (χ0n) is 42.1. The molecule has 2 unspecified atom stereocenters. The van der Waals surface area contributed by atoms with Gasteiger partial charge in [0, 0.05) is 123 Å². The Morgan fingerprint density at radius 2 is 0.757 bits per heavy atom. The molecule has 2 atom stereocenters. The number of ether oxygens (including phenoxy) is 10. The topological polar surface area (TPSA) is 139 Å². The summed E-state index contributed by atoms with van der Waals surface area (Å²) in [6.07, 6.45) is -0.649. The number of aryl methyl sites for hydroxylation is 4. The number of carbonyl (C=O) groups is 2. The smallest absolute Gasteiger partial charge is 0.417 e. The number of halogens is 2. The number of methoxy groups -OCH3 is 6. The molecule has 2 saturated heterocycles. The number of rotatable bonds is 22. The number of nitrogens with zero attached hydrogens (tertiary/aromatic N) is 4. The van der Waals surface area contributed by atoms with Crippen LogP contribution in [0, 0.1) is 27.7 Å². The van der Waals surface area contributed by atoms with E-state index in [4.69, 9.17) is 47.4 Å². The van der Waals surface area contributed by atoms with Gasteiger partial charge in [-0.25, -0.2) is 9.59 Å². The molecule has 18 heteroatoms. The van der Waals surface area contributed by atoms with E-state index in [1.165, 1.54) is 0 Å².